The highest BCUT2D eigenvalue weighted by atomic mass is 32.2. The second-order valence-electron chi connectivity index (χ2n) is 10.2. The van der Waals surface area contributed by atoms with Gasteiger partial charge in [0.15, 0.2) is 11.6 Å². The maximum atomic E-state index is 14.9. The third-order valence-electron chi connectivity index (χ3n) is 6.53. The topological polar surface area (TPSA) is 91.8 Å². The SMILES string of the molecule is C=S(=O)(CCC(F)(F)F)Nc1c(F)cc(-c2cc(C(C)C)c3nc(N[C@@H]4CNC[C@H](CF)C4)ncc3n2)cc1F. The zero-order chi connectivity index (χ0) is 29.2. The van der Waals surface area contributed by atoms with Crippen LogP contribution in [0.4, 0.5) is 38.0 Å². The van der Waals surface area contributed by atoms with Gasteiger partial charge in [0.2, 0.25) is 5.95 Å². The number of piperidine rings is 1. The summed E-state index contributed by atoms with van der Waals surface area (Å²) in [5.74, 6) is 0.129. The molecule has 0 bridgehead atoms. The van der Waals surface area contributed by atoms with Gasteiger partial charge in [0.05, 0.1) is 30.5 Å². The summed E-state index contributed by atoms with van der Waals surface area (Å²) in [6, 6.07) is 3.51. The van der Waals surface area contributed by atoms with E-state index in [0.717, 1.165) is 17.7 Å². The number of nitrogens with one attached hydrogen (secondary N) is 3. The number of hydrogen-bond donors (Lipinski definition) is 3. The first-order valence-electron chi connectivity index (χ1n) is 12.6. The van der Waals surface area contributed by atoms with Crippen molar-refractivity contribution in [3.63, 3.8) is 0 Å². The minimum absolute atomic E-state index is 0.0544. The summed E-state index contributed by atoms with van der Waals surface area (Å²) in [5, 5.41) is 6.42. The van der Waals surface area contributed by atoms with Gasteiger partial charge in [-0.3, -0.25) is 4.39 Å². The van der Waals surface area contributed by atoms with Crippen LogP contribution in [0.25, 0.3) is 22.3 Å². The van der Waals surface area contributed by atoms with Crippen molar-refractivity contribution in [3.8, 4) is 11.3 Å². The minimum atomic E-state index is -4.59. The zero-order valence-electron chi connectivity index (χ0n) is 21.9. The first-order chi connectivity index (χ1) is 18.7. The number of nitrogens with zero attached hydrogens (tertiary/aromatic N) is 3. The third-order valence-corrected chi connectivity index (χ3v) is 7.97. The zero-order valence-corrected chi connectivity index (χ0v) is 22.7. The molecule has 3 heterocycles. The molecule has 14 heteroatoms. The number of alkyl halides is 4. The van der Waals surface area contributed by atoms with E-state index in [2.05, 4.69) is 31.5 Å². The smallest absolute Gasteiger partial charge is 0.350 e. The van der Waals surface area contributed by atoms with E-state index in [4.69, 9.17) is 0 Å². The largest absolute Gasteiger partial charge is 0.390 e. The number of fused-ring (bicyclic) bond motifs is 1. The van der Waals surface area contributed by atoms with Crippen LogP contribution in [0.2, 0.25) is 0 Å². The number of benzene rings is 1. The maximum Gasteiger partial charge on any atom is 0.390 e. The Kier molecular flexibility index (Phi) is 8.78. The average molecular weight is 589 g/mol. The molecular formula is C26H30F6N6OS. The first kappa shape index (κ1) is 29.8. The van der Waals surface area contributed by atoms with E-state index < -0.39 is 52.1 Å². The van der Waals surface area contributed by atoms with Crippen molar-refractivity contribution in [3.05, 3.63) is 41.6 Å². The molecule has 0 saturated carbocycles. The Bertz CT molecular complexity index is 1460. The van der Waals surface area contributed by atoms with Gasteiger partial charge < -0.3 is 15.4 Å². The second-order valence-corrected chi connectivity index (χ2v) is 12.5. The van der Waals surface area contributed by atoms with Crippen LogP contribution in [0.3, 0.4) is 0 Å². The quantitative estimate of drug-likeness (QED) is 0.228. The lowest BCUT2D eigenvalue weighted by Gasteiger charge is -2.29. The van der Waals surface area contributed by atoms with Crippen LogP contribution < -0.4 is 15.4 Å². The van der Waals surface area contributed by atoms with E-state index in [-0.39, 0.29) is 29.1 Å². The monoisotopic (exact) mass is 588 g/mol. The Morgan fingerprint density at radius 2 is 1.85 bits per heavy atom. The van der Waals surface area contributed by atoms with E-state index in [1.165, 1.54) is 6.20 Å². The van der Waals surface area contributed by atoms with Crippen LogP contribution in [0.5, 0.6) is 0 Å². The van der Waals surface area contributed by atoms with E-state index in [9.17, 15) is 30.6 Å². The molecule has 4 rings (SSSR count). The number of anilines is 2. The van der Waals surface area contributed by atoms with E-state index in [1.807, 2.05) is 18.6 Å². The van der Waals surface area contributed by atoms with E-state index in [0.29, 0.717) is 36.5 Å². The summed E-state index contributed by atoms with van der Waals surface area (Å²) in [6.45, 7) is 4.68. The van der Waals surface area contributed by atoms with Gasteiger partial charge in [0.1, 0.15) is 11.2 Å². The molecular weight excluding hydrogens is 558 g/mol. The minimum Gasteiger partial charge on any atom is -0.350 e. The second kappa shape index (κ2) is 11.8. The molecule has 1 saturated heterocycles. The molecule has 1 fully saturated rings. The molecule has 1 unspecified atom stereocenters. The number of pyridine rings is 1. The van der Waals surface area contributed by atoms with E-state index >= 15 is 0 Å². The molecule has 7 nitrogen and oxygen atoms in total. The van der Waals surface area contributed by atoms with Gasteiger partial charge in [-0.25, -0.2) is 27.9 Å². The van der Waals surface area contributed by atoms with Crippen molar-refractivity contribution < 1.29 is 30.6 Å². The van der Waals surface area contributed by atoms with Crippen molar-refractivity contribution in [1.29, 1.82) is 0 Å². The predicted octanol–water partition coefficient (Wildman–Crippen LogP) is 5.45. The fraction of sp³-hybridized carbons (Fsp3) is 0.462. The summed E-state index contributed by atoms with van der Waals surface area (Å²) in [4.78, 5) is 13.4. The highest BCUT2D eigenvalue weighted by Gasteiger charge is 2.29. The summed E-state index contributed by atoms with van der Waals surface area (Å²) in [5.41, 5.74) is 1.11. The molecule has 1 aromatic carbocycles. The van der Waals surface area contributed by atoms with Crippen LogP contribution in [0, 0.1) is 17.6 Å². The summed E-state index contributed by atoms with van der Waals surface area (Å²) < 4.78 is 95.0. The fourth-order valence-electron chi connectivity index (χ4n) is 4.48. The highest BCUT2D eigenvalue weighted by Crippen LogP contribution is 2.32. The molecule has 2 aromatic heterocycles. The van der Waals surface area contributed by atoms with E-state index in [1.54, 1.807) is 6.07 Å². The molecule has 218 valence electrons. The maximum absolute atomic E-state index is 14.9. The molecule has 3 N–H and O–H groups in total. The molecule has 0 radical (unpaired) electrons. The van der Waals surface area contributed by atoms with Crippen LogP contribution in [-0.4, -0.2) is 62.8 Å². The molecule has 0 aliphatic carbocycles. The van der Waals surface area contributed by atoms with Crippen molar-refractivity contribution in [1.82, 2.24) is 20.3 Å². The Hall–Kier alpha value is -3.13. The number of hydrogen-bond acceptors (Lipinski definition) is 6. The molecule has 0 spiro atoms. The third kappa shape index (κ3) is 7.33. The van der Waals surface area contributed by atoms with Crippen LogP contribution in [0.1, 0.15) is 38.2 Å². The Balaban J connectivity index is 1.63. The molecule has 3 atom stereocenters. The van der Waals surface area contributed by atoms with Crippen molar-refractivity contribution in [2.45, 2.75) is 44.8 Å². The summed E-state index contributed by atoms with van der Waals surface area (Å²) in [6.07, 6.45) is -3.89. The summed E-state index contributed by atoms with van der Waals surface area (Å²) >= 11 is 0. The van der Waals surface area contributed by atoms with Gasteiger partial charge in [0.25, 0.3) is 0 Å². The van der Waals surface area contributed by atoms with Gasteiger partial charge in [0, 0.05) is 46.1 Å². The lowest BCUT2D eigenvalue weighted by Crippen LogP contribution is -2.44. The molecule has 3 aromatic rings. The standard InChI is InChI=1S/C26H30F6N6OS/c1-14(2)18-9-21(16-7-19(28)24(20(29)8-16)38-40(3,39)5-4-26(30,31)32)36-22-13-34-25(37-23(18)22)35-17-6-15(10-27)11-33-12-17/h7-9,13-15,17,33H,3-6,10-12H2,1-2H3,(H,38,39)(H,34,35,37)/t15-,17-,40?/m0/s1. The van der Waals surface area contributed by atoms with Crippen LogP contribution in [0.15, 0.2) is 24.4 Å². The van der Waals surface area contributed by atoms with Gasteiger partial charge >= 0.3 is 6.18 Å². The Morgan fingerprint density at radius 1 is 1.15 bits per heavy atom. The van der Waals surface area contributed by atoms with Crippen molar-refractivity contribution in [2.75, 3.05) is 35.6 Å². The normalized spacial score (nSPS) is 19.5. The Labute approximate surface area is 228 Å². The van der Waals surface area contributed by atoms with Crippen molar-refractivity contribution >= 4 is 38.2 Å². The van der Waals surface area contributed by atoms with Gasteiger partial charge in [-0.1, -0.05) is 13.8 Å². The van der Waals surface area contributed by atoms with Gasteiger partial charge in [-0.05, 0) is 42.0 Å². The average Bonchev–Trinajstić information content (AvgIpc) is 2.88. The lowest BCUT2D eigenvalue weighted by molar-refractivity contribution is -0.129. The van der Waals surface area contributed by atoms with Gasteiger partial charge in [-0.2, -0.15) is 13.2 Å². The predicted molar refractivity (Wildman–Crippen MR) is 146 cm³/mol. The number of halogens is 6. The van der Waals surface area contributed by atoms with Crippen LogP contribution >= 0.6 is 0 Å². The molecule has 1 aliphatic heterocycles. The molecule has 40 heavy (non-hydrogen) atoms. The highest BCUT2D eigenvalue weighted by molar-refractivity contribution is 8.01. The molecule has 0 amide bonds. The lowest BCUT2D eigenvalue weighted by atomic mass is 9.97. The first-order valence-corrected chi connectivity index (χ1v) is 14.5. The Morgan fingerprint density at radius 3 is 2.48 bits per heavy atom. The number of rotatable bonds is 9. The van der Waals surface area contributed by atoms with Gasteiger partial charge in [-0.15, -0.1) is 0 Å². The van der Waals surface area contributed by atoms with Crippen LogP contribution in [-0.2, 0) is 9.71 Å². The molecule has 1 aliphatic rings. The summed E-state index contributed by atoms with van der Waals surface area (Å²) in [7, 11) is -3.67. The fourth-order valence-corrected chi connectivity index (χ4v) is 5.71. The number of aromatic nitrogens is 3. The van der Waals surface area contributed by atoms with Crippen molar-refractivity contribution in [2.24, 2.45) is 5.92 Å².